The number of rotatable bonds is 7. The van der Waals surface area contributed by atoms with Gasteiger partial charge in [0, 0.05) is 23.5 Å². The molecule has 1 fully saturated rings. The van der Waals surface area contributed by atoms with Crippen LogP contribution in [0.15, 0.2) is 42.5 Å². The van der Waals surface area contributed by atoms with Gasteiger partial charge in [0.15, 0.2) is 5.13 Å². The van der Waals surface area contributed by atoms with Crippen LogP contribution in [-0.4, -0.2) is 54.0 Å². The molecule has 3 aromatic rings. The number of anilines is 1. The number of aryl methyl sites for hydroxylation is 1. The largest absolute Gasteiger partial charge is 0.449 e. The number of aromatic nitrogens is 1. The fraction of sp³-hybridized carbons (Fsp3) is 0.360. The molecule has 2 aromatic carbocycles. The van der Waals surface area contributed by atoms with E-state index in [-0.39, 0.29) is 19.1 Å². The fourth-order valence-electron chi connectivity index (χ4n) is 4.76. The molecule has 3 amide bonds. The van der Waals surface area contributed by atoms with Gasteiger partial charge in [0.25, 0.3) is 0 Å². The highest BCUT2D eigenvalue weighted by molar-refractivity contribution is 7.22. The van der Waals surface area contributed by atoms with E-state index in [9.17, 15) is 14.4 Å². The first-order valence-corrected chi connectivity index (χ1v) is 12.7. The van der Waals surface area contributed by atoms with Crippen LogP contribution in [0.25, 0.3) is 10.2 Å². The van der Waals surface area contributed by atoms with E-state index in [0.717, 1.165) is 15.8 Å². The Bertz CT molecular complexity index is 1290. The van der Waals surface area contributed by atoms with Gasteiger partial charge in [0.1, 0.15) is 6.61 Å². The number of benzene rings is 2. The zero-order valence-electron chi connectivity index (χ0n) is 19.8. The van der Waals surface area contributed by atoms with E-state index >= 15 is 0 Å². The molecule has 11 heteroatoms. The summed E-state index contributed by atoms with van der Waals surface area (Å²) in [4.78, 5) is 43.8. The number of carbonyl (C=O) groups is 3. The Morgan fingerprint density at radius 3 is 2.61 bits per heavy atom. The number of halogens is 1. The van der Waals surface area contributed by atoms with Gasteiger partial charge in [0.2, 0.25) is 11.8 Å². The van der Waals surface area contributed by atoms with Crippen molar-refractivity contribution in [2.45, 2.75) is 25.7 Å². The van der Waals surface area contributed by atoms with Crippen LogP contribution in [0.1, 0.15) is 29.9 Å². The van der Waals surface area contributed by atoms with Crippen LogP contribution in [0.2, 0.25) is 5.02 Å². The second-order valence-corrected chi connectivity index (χ2v) is 10.4. The predicted molar refractivity (Wildman–Crippen MR) is 140 cm³/mol. The van der Waals surface area contributed by atoms with Gasteiger partial charge in [-0.2, -0.15) is 0 Å². The fourth-order valence-corrected chi connectivity index (χ4v) is 5.95. The third-order valence-corrected chi connectivity index (χ3v) is 7.92. The smallest absolute Gasteiger partial charge is 0.413 e. The van der Waals surface area contributed by atoms with Gasteiger partial charge in [-0.3, -0.25) is 14.9 Å². The number of ether oxygens (including phenoxy) is 1. The lowest BCUT2D eigenvalue weighted by Gasteiger charge is -2.45. The molecule has 1 saturated heterocycles. The summed E-state index contributed by atoms with van der Waals surface area (Å²) < 4.78 is 6.61. The predicted octanol–water partition coefficient (Wildman–Crippen LogP) is 3.64. The number of primary amides is 1. The van der Waals surface area contributed by atoms with Crippen molar-refractivity contribution in [3.63, 3.8) is 0 Å². The standard InChI is InChI=1S/C25H28ClN5O4S/c1-15-6-7-18-19(12-15)36-23(29-18)30-24(34)35-14-25(8-10-31(11-9-25)20(32)13-27)21(22(28)33)16-4-2-3-5-17(16)26/h2-7,12,21H,8-11,13-14,27H2,1H3,(H2,28,33)(H,29,30,34). The Morgan fingerprint density at radius 2 is 1.94 bits per heavy atom. The maximum Gasteiger partial charge on any atom is 0.413 e. The molecule has 0 spiro atoms. The van der Waals surface area contributed by atoms with Gasteiger partial charge in [-0.05, 0) is 49.1 Å². The minimum absolute atomic E-state index is 0.0910. The second kappa shape index (κ2) is 10.8. The summed E-state index contributed by atoms with van der Waals surface area (Å²) in [6.07, 6.45) is 0.0734. The lowest BCUT2D eigenvalue weighted by atomic mass is 9.66. The van der Waals surface area contributed by atoms with E-state index in [1.165, 1.54) is 11.3 Å². The summed E-state index contributed by atoms with van der Waals surface area (Å²) in [5.74, 6) is -1.58. The number of nitrogens with one attached hydrogen (secondary N) is 1. The topological polar surface area (TPSA) is 141 Å². The molecule has 1 aliphatic heterocycles. The van der Waals surface area contributed by atoms with E-state index in [2.05, 4.69) is 10.3 Å². The zero-order valence-corrected chi connectivity index (χ0v) is 21.4. The molecule has 190 valence electrons. The Morgan fingerprint density at radius 1 is 1.22 bits per heavy atom. The normalized spacial score (nSPS) is 15.9. The number of hydrogen-bond acceptors (Lipinski definition) is 7. The van der Waals surface area contributed by atoms with Crippen LogP contribution in [0, 0.1) is 12.3 Å². The van der Waals surface area contributed by atoms with Crippen LogP contribution < -0.4 is 16.8 Å². The summed E-state index contributed by atoms with van der Waals surface area (Å²) in [5.41, 5.74) is 13.0. The number of piperidine rings is 1. The Hall–Kier alpha value is -3.21. The number of thiazole rings is 1. The molecule has 9 nitrogen and oxygen atoms in total. The Labute approximate surface area is 217 Å². The summed E-state index contributed by atoms with van der Waals surface area (Å²) in [7, 11) is 0. The van der Waals surface area contributed by atoms with Gasteiger partial charge < -0.3 is 21.1 Å². The maximum absolute atomic E-state index is 12.8. The second-order valence-electron chi connectivity index (χ2n) is 9.00. The van der Waals surface area contributed by atoms with Crippen LogP contribution in [-0.2, 0) is 14.3 Å². The molecule has 0 aliphatic carbocycles. The van der Waals surface area contributed by atoms with Crippen LogP contribution in [0.3, 0.4) is 0 Å². The lowest BCUT2D eigenvalue weighted by molar-refractivity contribution is -0.134. The van der Waals surface area contributed by atoms with Gasteiger partial charge >= 0.3 is 6.09 Å². The molecular formula is C25H28ClN5O4S. The molecule has 0 saturated carbocycles. The minimum atomic E-state index is -0.857. The third kappa shape index (κ3) is 5.45. The first-order valence-electron chi connectivity index (χ1n) is 11.5. The van der Waals surface area contributed by atoms with Crippen molar-refractivity contribution < 1.29 is 19.1 Å². The highest BCUT2D eigenvalue weighted by Crippen LogP contribution is 2.46. The van der Waals surface area contributed by atoms with E-state index < -0.39 is 23.3 Å². The van der Waals surface area contributed by atoms with Gasteiger partial charge in [-0.1, -0.05) is 47.2 Å². The number of nitrogens with two attached hydrogens (primary N) is 2. The highest BCUT2D eigenvalue weighted by Gasteiger charge is 2.47. The average molecular weight is 530 g/mol. The van der Waals surface area contributed by atoms with Crippen molar-refractivity contribution in [3.8, 4) is 0 Å². The summed E-state index contributed by atoms with van der Waals surface area (Å²) in [5, 5.41) is 3.50. The molecule has 1 aromatic heterocycles. The SMILES string of the molecule is Cc1ccc2nc(NC(=O)OCC3(C(C(N)=O)c4ccccc4Cl)CCN(C(=O)CN)CC3)sc2c1. The molecule has 1 aliphatic rings. The van der Waals surface area contributed by atoms with Crippen molar-refractivity contribution >= 4 is 56.2 Å². The number of fused-ring (bicyclic) bond motifs is 1. The number of likely N-dealkylation sites (tertiary alicyclic amines) is 1. The Balaban J connectivity index is 1.56. The molecule has 5 N–H and O–H groups in total. The quantitative estimate of drug-likeness (QED) is 0.426. The summed E-state index contributed by atoms with van der Waals surface area (Å²) in [6.45, 7) is 2.50. The molecular weight excluding hydrogens is 502 g/mol. The molecule has 1 atom stereocenters. The van der Waals surface area contributed by atoms with Gasteiger partial charge in [-0.15, -0.1) is 0 Å². The van der Waals surface area contributed by atoms with Crippen molar-refractivity contribution in [3.05, 3.63) is 58.6 Å². The molecule has 36 heavy (non-hydrogen) atoms. The number of amides is 3. The summed E-state index contributed by atoms with van der Waals surface area (Å²) >= 11 is 7.80. The highest BCUT2D eigenvalue weighted by atomic mass is 35.5. The van der Waals surface area contributed by atoms with Crippen LogP contribution >= 0.6 is 22.9 Å². The van der Waals surface area contributed by atoms with E-state index in [4.69, 9.17) is 27.8 Å². The summed E-state index contributed by atoms with van der Waals surface area (Å²) in [6, 6.07) is 12.8. The van der Waals surface area contributed by atoms with E-state index in [1.54, 1.807) is 29.2 Å². The molecule has 4 rings (SSSR count). The average Bonchev–Trinajstić information content (AvgIpc) is 3.25. The van der Waals surface area contributed by atoms with Crippen LogP contribution in [0.4, 0.5) is 9.93 Å². The van der Waals surface area contributed by atoms with Crippen molar-refractivity contribution in [2.24, 2.45) is 16.9 Å². The molecule has 1 unspecified atom stereocenters. The van der Waals surface area contributed by atoms with Crippen molar-refractivity contribution in [2.75, 3.05) is 31.6 Å². The Kier molecular flexibility index (Phi) is 7.77. The molecule has 2 heterocycles. The minimum Gasteiger partial charge on any atom is -0.449 e. The number of carbonyl (C=O) groups excluding carboxylic acids is 3. The van der Waals surface area contributed by atoms with Gasteiger partial charge in [0.05, 0.1) is 22.7 Å². The maximum atomic E-state index is 12.8. The van der Waals surface area contributed by atoms with E-state index in [0.29, 0.717) is 41.6 Å². The molecule has 0 bridgehead atoms. The first kappa shape index (κ1) is 25.9. The van der Waals surface area contributed by atoms with Crippen LogP contribution in [0.5, 0.6) is 0 Å². The third-order valence-electron chi connectivity index (χ3n) is 6.64. The number of nitrogens with zero attached hydrogens (tertiary/aromatic N) is 2. The van der Waals surface area contributed by atoms with Crippen molar-refractivity contribution in [1.82, 2.24) is 9.88 Å². The zero-order chi connectivity index (χ0) is 25.9. The first-order chi connectivity index (χ1) is 17.2. The van der Waals surface area contributed by atoms with E-state index in [1.807, 2.05) is 25.1 Å². The lowest BCUT2D eigenvalue weighted by Crippen LogP contribution is -2.51. The van der Waals surface area contributed by atoms with Crippen molar-refractivity contribution in [1.29, 1.82) is 0 Å². The molecule has 0 radical (unpaired) electrons. The monoisotopic (exact) mass is 529 g/mol. The van der Waals surface area contributed by atoms with Gasteiger partial charge in [-0.25, -0.2) is 9.78 Å². The number of hydrogen-bond donors (Lipinski definition) is 3.